The number of oxime groups is 1. The average Bonchev–Trinajstić information content (AvgIpc) is 2.82. The molecule has 0 aliphatic heterocycles. The second-order valence-electron chi connectivity index (χ2n) is 4.41. The lowest BCUT2D eigenvalue weighted by molar-refractivity contribution is -0.127. The Morgan fingerprint density at radius 3 is 2.79 bits per heavy atom. The second-order valence-corrected chi connectivity index (χ2v) is 4.41. The summed E-state index contributed by atoms with van der Waals surface area (Å²) >= 11 is 0. The van der Waals surface area contributed by atoms with Crippen molar-refractivity contribution in [3.63, 3.8) is 0 Å². The molecule has 0 spiro atoms. The Morgan fingerprint density at radius 2 is 2.32 bits per heavy atom. The summed E-state index contributed by atoms with van der Waals surface area (Å²) in [6.45, 7) is 5.46. The first-order valence-corrected chi connectivity index (χ1v) is 5.99. The molecule has 8 heteroatoms. The van der Waals surface area contributed by atoms with Crippen molar-refractivity contribution >= 4 is 11.7 Å². The number of rotatable bonds is 6. The second kappa shape index (κ2) is 6.17. The fourth-order valence-corrected chi connectivity index (χ4v) is 1.49. The fourth-order valence-electron chi connectivity index (χ4n) is 1.49. The molecule has 1 atom stereocenters. The smallest absolute Gasteiger partial charge is 0.233 e. The summed E-state index contributed by atoms with van der Waals surface area (Å²) in [5.41, 5.74) is 4.52. The first-order valence-electron chi connectivity index (χ1n) is 5.99. The Morgan fingerprint density at radius 1 is 1.63 bits per heavy atom. The van der Waals surface area contributed by atoms with E-state index in [0.717, 1.165) is 0 Å². The number of aryl methyl sites for hydroxylation is 1. The van der Waals surface area contributed by atoms with E-state index >= 15 is 0 Å². The van der Waals surface area contributed by atoms with Crippen LogP contribution in [0.25, 0.3) is 0 Å². The molecule has 1 unspecified atom stereocenters. The zero-order valence-corrected chi connectivity index (χ0v) is 11.3. The van der Waals surface area contributed by atoms with E-state index in [1.807, 2.05) is 0 Å². The third-order valence-electron chi connectivity index (χ3n) is 3.09. The number of amidine groups is 1. The summed E-state index contributed by atoms with van der Waals surface area (Å²) < 4.78 is 4.82. The van der Waals surface area contributed by atoms with E-state index in [-0.39, 0.29) is 11.7 Å². The van der Waals surface area contributed by atoms with Gasteiger partial charge in [0, 0.05) is 19.9 Å². The molecule has 0 aromatic carbocycles. The number of aromatic nitrogens is 2. The lowest BCUT2D eigenvalue weighted by Crippen LogP contribution is -2.48. The van der Waals surface area contributed by atoms with Crippen LogP contribution >= 0.6 is 0 Å². The van der Waals surface area contributed by atoms with Crippen LogP contribution < -0.4 is 11.1 Å². The number of hydrogen-bond acceptors (Lipinski definition) is 6. The SMILES string of the molecule is CCC(C)(C(=O)NCCc1noc(C)n1)C(N)=NO. The van der Waals surface area contributed by atoms with Crippen molar-refractivity contribution in [1.82, 2.24) is 15.5 Å². The minimum atomic E-state index is -1.03. The van der Waals surface area contributed by atoms with Gasteiger partial charge in [-0.05, 0) is 13.3 Å². The molecule has 1 aromatic heterocycles. The highest BCUT2D eigenvalue weighted by Crippen LogP contribution is 2.21. The zero-order valence-electron chi connectivity index (χ0n) is 11.3. The summed E-state index contributed by atoms with van der Waals surface area (Å²) in [5, 5.41) is 18.1. The van der Waals surface area contributed by atoms with E-state index in [0.29, 0.717) is 31.1 Å². The third kappa shape index (κ3) is 3.43. The molecular weight excluding hydrogens is 250 g/mol. The van der Waals surface area contributed by atoms with Crippen LogP contribution in [-0.4, -0.2) is 33.6 Å². The molecule has 0 saturated carbocycles. The van der Waals surface area contributed by atoms with Crippen molar-refractivity contribution in [2.45, 2.75) is 33.6 Å². The maximum atomic E-state index is 12.0. The molecule has 1 amide bonds. The van der Waals surface area contributed by atoms with Crippen molar-refractivity contribution in [3.8, 4) is 0 Å². The molecule has 4 N–H and O–H groups in total. The van der Waals surface area contributed by atoms with Crippen molar-refractivity contribution in [1.29, 1.82) is 0 Å². The van der Waals surface area contributed by atoms with Crippen molar-refractivity contribution < 1.29 is 14.5 Å². The number of nitrogens with zero attached hydrogens (tertiary/aromatic N) is 3. The van der Waals surface area contributed by atoms with Crippen LogP contribution in [0.5, 0.6) is 0 Å². The Bertz CT molecular complexity index is 471. The lowest BCUT2D eigenvalue weighted by atomic mass is 9.85. The topological polar surface area (TPSA) is 127 Å². The highest BCUT2D eigenvalue weighted by atomic mass is 16.5. The van der Waals surface area contributed by atoms with Crippen LogP contribution in [0.15, 0.2) is 9.68 Å². The normalized spacial score (nSPS) is 15.0. The van der Waals surface area contributed by atoms with Gasteiger partial charge in [0.05, 0.1) is 0 Å². The van der Waals surface area contributed by atoms with Crippen LogP contribution in [0, 0.1) is 12.3 Å². The van der Waals surface area contributed by atoms with Gasteiger partial charge in [-0.1, -0.05) is 17.2 Å². The predicted octanol–water partition coefficient (Wildman–Crippen LogP) is 0.199. The van der Waals surface area contributed by atoms with Gasteiger partial charge in [0.2, 0.25) is 11.8 Å². The lowest BCUT2D eigenvalue weighted by Gasteiger charge is -2.25. The standard InChI is InChI=1S/C11H19N5O3/c1-4-11(3,9(12)15-18)10(17)13-6-5-8-14-7(2)19-16-8/h18H,4-6H2,1-3H3,(H2,12,15)(H,13,17). The summed E-state index contributed by atoms with van der Waals surface area (Å²) in [7, 11) is 0. The summed E-state index contributed by atoms with van der Waals surface area (Å²) in [6.07, 6.45) is 0.884. The van der Waals surface area contributed by atoms with Gasteiger partial charge in [-0.2, -0.15) is 4.98 Å². The number of hydrogen-bond donors (Lipinski definition) is 3. The zero-order chi connectivity index (χ0) is 14.5. The highest BCUT2D eigenvalue weighted by molar-refractivity contribution is 6.06. The molecule has 1 rings (SSSR count). The van der Waals surface area contributed by atoms with Gasteiger partial charge in [0.15, 0.2) is 11.7 Å². The monoisotopic (exact) mass is 269 g/mol. The van der Waals surface area contributed by atoms with Crippen LogP contribution in [0.1, 0.15) is 32.0 Å². The molecule has 0 aliphatic carbocycles. The molecule has 19 heavy (non-hydrogen) atoms. The van der Waals surface area contributed by atoms with Gasteiger partial charge < -0.3 is 20.8 Å². The van der Waals surface area contributed by atoms with E-state index in [2.05, 4.69) is 20.6 Å². The Kier molecular flexibility index (Phi) is 4.85. The van der Waals surface area contributed by atoms with Crippen LogP contribution in [-0.2, 0) is 11.2 Å². The molecule has 0 saturated heterocycles. The quantitative estimate of drug-likeness (QED) is 0.293. The Balaban J connectivity index is 2.54. The fraction of sp³-hybridized carbons (Fsp3) is 0.636. The molecule has 1 heterocycles. The average molecular weight is 269 g/mol. The maximum Gasteiger partial charge on any atom is 0.233 e. The Hall–Kier alpha value is -2.12. The molecule has 0 bridgehead atoms. The molecule has 0 fully saturated rings. The highest BCUT2D eigenvalue weighted by Gasteiger charge is 2.36. The summed E-state index contributed by atoms with van der Waals surface area (Å²) in [5.74, 6) is 0.601. The van der Waals surface area contributed by atoms with Gasteiger partial charge >= 0.3 is 0 Å². The number of nitrogens with two attached hydrogens (primary N) is 1. The van der Waals surface area contributed by atoms with E-state index in [9.17, 15) is 4.79 Å². The van der Waals surface area contributed by atoms with Crippen molar-refractivity contribution in [3.05, 3.63) is 11.7 Å². The van der Waals surface area contributed by atoms with Crippen molar-refractivity contribution in [2.24, 2.45) is 16.3 Å². The van der Waals surface area contributed by atoms with E-state index in [4.69, 9.17) is 15.5 Å². The van der Waals surface area contributed by atoms with E-state index in [1.54, 1.807) is 20.8 Å². The molecular formula is C11H19N5O3. The van der Waals surface area contributed by atoms with Gasteiger partial charge in [-0.3, -0.25) is 4.79 Å². The van der Waals surface area contributed by atoms with Gasteiger partial charge in [0.25, 0.3) is 0 Å². The van der Waals surface area contributed by atoms with Gasteiger partial charge in [-0.15, -0.1) is 0 Å². The van der Waals surface area contributed by atoms with Gasteiger partial charge in [-0.25, -0.2) is 0 Å². The molecule has 0 radical (unpaired) electrons. The van der Waals surface area contributed by atoms with Gasteiger partial charge in [0.1, 0.15) is 5.41 Å². The Labute approximate surface area is 111 Å². The minimum absolute atomic E-state index is 0.108. The molecule has 106 valence electrons. The minimum Gasteiger partial charge on any atom is -0.409 e. The number of carbonyl (C=O) groups is 1. The molecule has 0 aliphatic rings. The van der Waals surface area contributed by atoms with E-state index in [1.165, 1.54) is 0 Å². The first-order chi connectivity index (χ1) is 8.93. The summed E-state index contributed by atoms with van der Waals surface area (Å²) in [4.78, 5) is 16.1. The largest absolute Gasteiger partial charge is 0.409 e. The third-order valence-corrected chi connectivity index (χ3v) is 3.09. The number of carbonyl (C=O) groups excluding carboxylic acids is 1. The van der Waals surface area contributed by atoms with Crippen LogP contribution in [0.3, 0.4) is 0 Å². The van der Waals surface area contributed by atoms with Crippen molar-refractivity contribution in [2.75, 3.05) is 6.54 Å². The molecule has 1 aromatic rings. The number of nitrogens with one attached hydrogen (secondary N) is 1. The first kappa shape index (κ1) is 14.9. The maximum absolute atomic E-state index is 12.0. The molecule has 8 nitrogen and oxygen atoms in total. The van der Waals surface area contributed by atoms with E-state index < -0.39 is 5.41 Å². The predicted molar refractivity (Wildman–Crippen MR) is 67.6 cm³/mol. The van der Waals surface area contributed by atoms with Crippen LogP contribution in [0.4, 0.5) is 0 Å². The number of amides is 1. The van der Waals surface area contributed by atoms with Crippen LogP contribution in [0.2, 0.25) is 0 Å². The summed E-state index contributed by atoms with van der Waals surface area (Å²) in [6, 6.07) is 0.